The summed E-state index contributed by atoms with van der Waals surface area (Å²) < 4.78 is 11.8. The van der Waals surface area contributed by atoms with Crippen LogP contribution in [0, 0.1) is 0 Å². The average molecular weight is 433 g/mol. The van der Waals surface area contributed by atoms with Crippen molar-refractivity contribution in [2.75, 3.05) is 11.9 Å². The minimum atomic E-state index is -1.25. The molecule has 1 atom stereocenters. The van der Waals surface area contributed by atoms with Crippen molar-refractivity contribution in [1.82, 2.24) is 0 Å². The van der Waals surface area contributed by atoms with Gasteiger partial charge in [-0.1, -0.05) is 59.6 Å². The van der Waals surface area contributed by atoms with E-state index in [1.165, 1.54) is 0 Å². The summed E-state index contributed by atoms with van der Waals surface area (Å²) in [5, 5.41) is 3.48. The normalized spacial score (nSPS) is 16.9. The van der Waals surface area contributed by atoms with Crippen molar-refractivity contribution >= 4 is 40.9 Å². The largest absolute Gasteiger partial charge is 0.475 e. The van der Waals surface area contributed by atoms with Crippen molar-refractivity contribution in [1.29, 1.82) is 0 Å². The van der Waals surface area contributed by atoms with E-state index in [0.717, 1.165) is 5.56 Å². The number of benzene rings is 2. The molecule has 2 aromatic rings. The van der Waals surface area contributed by atoms with E-state index in [1.54, 1.807) is 24.3 Å². The molecule has 1 aliphatic rings. The molecule has 0 saturated carbocycles. The molecule has 7 heteroatoms. The molecule has 0 fully saturated rings. The molecule has 1 unspecified atom stereocenters. The molecule has 29 heavy (non-hydrogen) atoms. The summed E-state index contributed by atoms with van der Waals surface area (Å²) in [5.41, 5.74) is -0.515. The van der Waals surface area contributed by atoms with Gasteiger partial charge in [-0.3, -0.25) is 5.32 Å². The first kappa shape index (κ1) is 21.2. The Morgan fingerprint density at radius 1 is 1.28 bits per heavy atom. The van der Waals surface area contributed by atoms with Crippen LogP contribution < -0.4 is 5.32 Å². The van der Waals surface area contributed by atoms with Crippen molar-refractivity contribution < 1.29 is 14.3 Å². The van der Waals surface area contributed by atoms with E-state index < -0.39 is 17.2 Å². The molecule has 0 radical (unpaired) electrons. The summed E-state index contributed by atoms with van der Waals surface area (Å²) in [6, 6.07) is 14.1. The minimum absolute atomic E-state index is 0.287. The number of anilines is 1. The number of carbonyl (C=O) groups is 1. The fraction of sp³-hybridized carbons (Fsp3) is 0.273. The first-order chi connectivity index (χ1) is 13.7. The summed E-state index contributed by atoms with van der Waals surface area (Å²) in [4.78, 5) is 17.5. The standard InChI is InChI=1S/C22H22Cl2N2O3/c1-4-10-22(15-8-6-5-7-9-15,19-26-21(2,3)14-28-19)29-20(27)25-18-12-16(23)11-17(24)13-18/h4-9,11-13H,1,10,14H2,2-3H3,(H,25,27). The molecule has 152 valence electrons. The molecule has 0 aliphatic carbocycles. The summed E-state index contributed by atoms with van der Waals surface area (Å²) >= 11 is 12.0. The number of nitrogens with one attached hydrogen (secondary N) is 1. The van der Waals surface area contributed by atoms with Crippen LogP contribution in [0.4, 0.5) is 10.5 Å². The number of halogens is 2. The lowest BCUT2D eigenvalue weighted by Crippen LogP contribution is -2.42. The molecular formula is C22H22Cl2N2O3. The smallest absolute Gasteiger partial charge is 0.413 e. The lowest BCUT2D eigenvalue weighted by molar-refractivity contribution is 0.0537. The Balaban J connectivity index is 1.98. The zero-order chi connectivity index (χ0) is 21.1. The third kappa shape index (κ3) is 4.92. The van der Waals surface area contributed by atoms with Crippen LogP contribution in [0.15, 0.2) is 66.2 Å². The summed E-state index contributed by atoms with van der Waals surface area (Å²) in [5.74, 6) is 0.341. The molecule has 1 amide bonds. The molecule has 1 N–H and O–H groups in total. The van der Waals surface area contributed by atoms with Gasteiger partial charge in [-0.2, -0.15) is 0 Å². The average Bonchev–Trinajstić information content (AvgIpc) is 3.01. The zero-order valence-corrected chi connectivity index (χ0v) is 17.8. The van der Waals surface area contributed by atoms with Crippen LogP contribution in [0.1, 0.15) is 25.8 Å². The highest BCUT2D eigenvalue weighted by molar-refractivity contribution is 6.35. The van der Waals surface area contributed by atoms with Crippen LogP contribution in [0.5, 0.6) is 0 Å². The van der Waals surface area contributed by atoms with Crippen LogP contribution in [-0.4, -0.2) is 24.1 Å². The number of ether oxygens (including phenoxy) is 2. The molecule has 0 saturated heterocycles. The second-order valence-electron chi connectivity index (χ2n) is 7.38. The molecule has 0 spiro atoms. The maximum Gasteiger partial charge on any atom is 0.413 e. The second-order valence-corrected chi connectivity index (χ2v) is 8.25. The van der Waals surface area contributed by atoms with E-state index in [0.29, 0.717) is 28.2 Å². The highest BCUT2D eigenvalue weighted by atomic mass is 35.5. The Hall–Kier alpha value is -2.50. The Labute approximate surface area is 180 Å². The van der Waals surface area contributed by atoms with Crippen LogP contribution in [0.2, 0.25) is 10.0 Å². The van der Waals surface area contributed by atoms with E-state index in [-0.39, 0.29) is 6.42 Å². The van der Waals surface area contributed by atoms with Gasteiger partial charge in [0.1, 0.15) is 6.61 Å². The van der Waals surface area contributed by atoms with Crippen molar-refractivity contribution in [3.8, 4) is 0 Å². The van der Waals surface area contributed by atoms with Gasteiger partial charge in [0.05, 0.1) is 5.54 Å². The third-order valence-electron chi connectivity index (χ3n) is 4.36. The lowest BCUT2D eigenvalue weighted by Gasteiger charge is -2.32. The van der Waals surface area contributed by atoms with Crippen molar-refractivity contribution in [2.45, 2.75) is 31.4 Å². The molecule has 2 aromatic carbocycles. The zero-order valence-electron chi connectivity index (χ0n) is 16.2. The number of amides is 1. The Bertz CT molecular complexity index is 924. The van der Waals surface area contributed by atoms with E-state index >= 15 is 0 Å². The SMILES string of the molecule is C=CCC(OC(=O)Nc1cc(Cl)cc(Cl)c1)(C1=NC(C)(C)CO1)c1ccccc1. The number of aliphatic imine (C=N–C) groups is 1. The fourth-order valence-corrected chi connectivity index (χ4v) is 3.63. The van der Waals surface area contributed by atoms with E-state index in [4.69, 9.17) is 32.7 Å². The predicted octanol–water partition coefficient (Wildman–Crippen LogP) is 6.22. The van der Waals surface area contributed by atoms with Crippen molar-refractivity contribution in [3.63, 3.8) is 0 Å². The molecule has 3 rings (SSSR count). The first-order valence-corrected chi connectivity index (χ1v) is 9.85. The Morgan fingerprint density at radius 3 is 2.48 bits per heavy atom. The third-order valence-corrected chi connectivity index (χ3v) is 4.80. The van der Waals surface area contributed by atoms with Gasteiger partial charge in [-0.25, -0.2) is 9.79 Å². The summed E-state index contributed by atoms with van der Waals surface area (Å²) in [6.45, 7) is 8.14. The van der Waals surface area contributed by atoms with Gasteiger partial charge < -0.3 is 9.47 Å². The molecule has 5 nitrogen and oxygen atoms in total. The number of rotatable bonds is 6. The predicted molar refractivity (Wildman–Crippen MR) is 117 cm³/mol. The molecule has 1 heterocycles. The van der Waals surface area contributed by atoms with E-state index in [2.05, 4.69) is 16.9 Å². The number of carbonyl (C=O) groups excluding carboxylic acids is 1. The maximum atomic E-state index is 12.9. The van der Waals surface area contributed by atoms with Crippen LogP contribution in [0.25, 0.3) is 0 Å². The summed E-state index contributed by atoms with van der Waals surface area (Å²) in [7, 11) is 0. The molecule has 1 aliphatic heterocycles. The van der Waals surface area contributed by atoms with Crippen molar-refractivity contribution in [2.24, 2.45) is 4.99 Å². The topological polar surface area (TPSA) is 59.9 Å². The maximum absolute atomic E-state index is 12.9. The highest BCUT2D eigenvalue weighted by Gasteiger charge is 2.47. The fourth-order valence-electron chi connectivity index (χ4n) is 3.10. The molecular weight excluding hydrogens is 411 g/mol. The van der Waals surface area contributed by atoms with Gasteiger partial charge in [0, 0.05) is 27.7 Å². The first-order valence-electron chi connectivity index (χ1n) is 9.10. The van der Waals surface area contributed by atoms with Gasteiger partial charge in [0.15, 0.2) is 0 Å². The second kappa shape index (κ2) is 8.47. The lowest BCUT2D eigenvalue weighted by atomic mass is 9.89. The highest BCUT2D eigenvalue weighted by Crippen LogP contribution is 2.37. The minimum Gasteiger partial charge on any atom is -0.475 e. The van der Waals surface area contributed by atoms with Gasteiger partial charge in [0.2, 0.25) is 11.5 Å². The van der Waals surface area contributed by atoms with Crippen LogP contribution >= 0.6 is 23.2 Å². The van der Waals surface area contributed by atoms with E-state index in [1.807, 2.05) is 44.2 Å². The Kier molecular flexibility index (Phi) is 6.20. The van der Waals surface area contributed by atoms with Gasteiger partial charge in [0.25, 0.3) is 0 Å². The van der Waals surface area contributed by atoms with Crippen LogP contribution in [0.3, 0.4) is 0 Å². The number of nitrogens with zero attached hydrogens (tertiary/aromatic N) is 1. The van der Waals surface area contributed by atoms with E-state index in [9.17, 15) is 4.79 Å². The quantitative estimate of drug-likeness (QED) is 0.550. The monoisotopic (exact) mass is 432 g/mol. The molecule has 0 bridgehead atoms. The van der Waals surface area contributed by atoms with Crippen molar-refractivity contribution in [3.05, 3.63) is 76.8 Å². The molecule has 0 aromatic heterocycles. The van der Waals surface area contributed by atoms with Gasteiger partial charge in [-0.15, -0.1) is 6.58 Å². The van der Waals surface area contributed by atoms with Gasteiger partial charge in [-0.05, 0) is 32.0 Å². The number of hydrogen-bond acceptors (Lipinski definition) is 4. The Morgan fingerprint density at radius 2 is 1.93 bits per heavy atom. The number of hydrogen-bond donors (Lipinski definition) is 1. The van der Waals surface area contributed by atoms with Gasteiger partial charge >= 0.3 is 6.09 Å². The van der Waals surface area contributed by atoms with Crippen LogP contribution in [-0.2, 0) is 15.1 Å². The summed E-state index contributed by atoms with van der Waals surface area (Å²) in [6.07, 6.45) is 1.27.